The smallest absolute Gasteiger partial charge is 0.261 e. The SMILES string of the molecule is NC(=O)C1CCN(C(=O)c2ccccc2NS(=O)(=O)c2cccc(Br)c2)CC1. The van der Waals surface area contributed by atoms with Crippen LogP contribution in [0.1, 0.15) is 23.2 Å². The van der Waals surface area contributed by atoms with E-state index in [-0.39, 0.29) is 33.9 Å². The molecule has 0 spiro atoms. The van der Waals surface area contributed by atoms with Crippen LogP contribution in [-0.4, -0.2) is 38.2 Å². The summed E-state index contributed by atoms with van der Waals surface area (Å²) in [5, 5.41) is 0. The van der Waals surface area contributed by atoms with E-state index in [0.29, 0.717) is 30.4 Å². The summed E-state index contributed by atoms with van der Waals surface area (Å²) in [6.07, 6.45) is 1.01. The van der Waals surface area contributed by atoms with E-state index < -0.39 is 10.0 Å². The van der Waals surface area contributed by atoms with Gasteiger partial charge in [0.1, 0.15) is 0 Å². The number of nitrogens with two attached hydrogens (primary N) is 1. The molecule has 0 radical (unpaired) electrons. The summed E-state index contributed by atoms with van der Waals surface area (Å²) in [6.45, 7) is 0.804. The van der Waals surface area contributed by atoms with E-state index in [9.17, 15) is 18.0 Å². The number of para-hydroxylation sites is 1. The van der Waals surface area contributed by atoms with E-state index in [1.165, 1.54) is 12.1 Å². The molecular formula is C19H20BrN3O4S. The number of carbonyl (C=O) groups is 2. The molecule has 7 nitrogen and oxygen atoms in total. The number of nitrogens with one attached hydrogen (secondary N) is 1. The fourth-order valence-corrected chi connectivity index (χ4v) is 4.81. The standard InChI is InChI=1S/C19H20BrN3O4S/c20-14-4-3-5-15(12-14)28(26,27)22-17-7-2-1-6-16(17)19(25)23-10-8-13(9-11-23)18(21)24/h1-7,12-13,22H,8-11H2,(H2,21,24). The second-order valence-electron chi connectivity index (χ2n) is 6.58. The highest BCUT2D eigenvalue weighted by molar-refractivity contribution is 9.10. The Bertz CT molecular complexity index is 1000. The molecule has 28 heavy (non-hydrogen) atoms. The van der Waals surface area contributed by atoms with Gasteiger partial charge in [0.25, 0.3) is 15.9 Å². The van der Waals surface area contributed by atoms with Gasteiger partial charge in [-0.2, -0.15) is 0 Å². The average Bonchev–Trinajstić information content (AvgIpc) is 2.68. The van der Waals surface area contributed by atoms with Gasteiger partial charge in [0.05, 0.1) is 16.1 Å². The van der Waals surface area contributed by atoms with Gasteiger partial charge in [-0.25, -0.2) is 8.42 Å². The van der Waals surface area contributed by atoms with Crippen LogP contribution in [0.25, 0.3) is 0 Å². The molecule has 2 aromatic rings. The third-order valence-electron chi connectivity index (χ3n) is 4.69. The quantitative estimate of drug-likeness (QED) is 0.706. The zero-order chi connectivity index (χ0) is 20.3. The van der Waals surface area contributed by atoms with Crippen molar-refractivity contribution in [2.75, 3.05) is 17.8 Å². The Balaban J connectivity index is 1.82. The second-order valence-corrected chi connectivity index (χ2v) is 9.18. The zero-order valence-electron chi connectivity index (χ0n) is 15.0. The van der Waals surface area contributed by atoms with Crippen LogP contribution in [0, 0.1) is 5.92 Å². The Kier molecular flexibility index (Phi) is 6.04. The predicted molar refractivity (Wildman–Crippen MR) is 109 cm³/mol. The van der Waals surface area contributed by atoms with Gasteiger partial charge in [0, 0.05) is 23.5 Å². The molecule has 0 saturated carbocycles. The molecule has 1 aliphatic heterocycles. The van der Waals surface area contributed by atoms with Gasteiger partial charge in [-0.3, -0.25) is 14.3 Å². The normalized spacial score (nSPS) is 15.2. The maximum absolute atomic E-state index is 12.9. The van der Waals surface area contributed by atoms with E-state index >= 15 is 0 Å². The fourth-order valence-electron chi connectivity index (χ4n) is 3.13. The minimum atomic E-state index is -3.85. The monoisotopic (exact) mass is 465 g/mol. The summed E-state index contributed by atoms with van der Waals surface area (Å²) >= 11 is 3.26. The van der Waals surface area contributed by atoms with Crippen molar-refractivity contribution < 1.29 is 18.0 Å². The molecule has 0 atom stereocenters. The highest BCUT2D eigenvalue weighted by Crippen LogP contribution is 2.25. The topological polar surface area (TPSA) is 110 Å². The van der Waals surface area contributed by atoms with E-state index in [2.05, 4.69) is 20.7 Å². The molecule has 9 heteroatoms. The van der Waals surface area contributed by atoms with E-state index in [1.807, 2.05) is 0 Å². The van der Waals surface area contributed by atoms with Crippen LogP contribution in [-0.2, 0) is 14.8 Å². The number of likely N-dealkylation sites (tertiary alicyclic amines) is 1. The largest absolute Gasteiger partial charge is 0.369 e. The fraction of sp³-hybridized carbons (Fsp3) is 0.263. The molecule has 0 aromatic heterocycles. The average molecular weight is 466 g/mol. The van der Waals surface area contributed by atoms with Gasteiger partial charge < -0.3 is 10.6 Å². The van der Waals surface area contributed by atoms with Gasteiger partial charge in [0.15, 0.2) is 0 Å². The molecule has 1 aliphatic rings. The van der Waals surface area contributed by atoms with Crippen molar-refractivity contribution in [1.29, 1.82) is 0 Å². The Morgan fingerprint density at radius 2 is 1.75 bits per heavy atom. The van der Waals surface area contributed by atoms with Crippen molar-refractivity contribution in [2.24, 2.45) is 11.7 Å². The molecule has 1 saturated heterocycles. The number of rotatable bonds is 5. The van der Waals surface area contributed by atoms with Crippen LogP contribution < -0.4 is 10.5 Å². The Labute approximate surface area is 172 Å². The van der Waals surface area contributed by atoms with Crippen molar-refractivity contribution in [2.45, 2.75) is 17.7 Å². The second kappa shape index (κ2) is 8.32. The highest BCUT2D eigenvalue weighted by atomic mass is 79.9. The number of halogens is 1. The van der Waals surface area contributed by atoms with E-state index in [1.54, 1.807) is 41.3 Å². The van der Waals surface area contributed by atoms with Crippen molar-refractivity contribution >= 4 is 43.5 Å². The molecular weight excluding hydrogens is 446 g/mol. The molecule has 3 rings (SSSR count). The summed E-state index contributed by atoms with van der Waals surface area (Å²) in [5.74, 6) is -0.862. The summed E-state index contributed by atoms with van der Waals surface area (Å²) in [5.41, 5.74) is 5.81. The molecule has 0 aliphatic carbocycles. The van der Waals surface area contributed by atoms with Crippen molar-refractivity contribution in [1.82, 2.24) is 4.90 Å². The number of benzene rings is 2. The lowest BCUT2D eigenvalue weighted by molar-refractivity contribution is -0.123. The molecule has 2 aromatic carbocycles. The zero-order valence-corrected chi connectivity index (χ0v) is 17.4. The number of nitrogens with zero attached hydrogens (tertiary/aromatic N) is 1. The molecule has 1 fully saturated rings. The summed E-state index contributed by atoms with van der Waals surface area (Å²) in [4.78, 5) is 26.0. The number of anilines is 1. The van der Waals surface area contributed by atoms with Crippen LogP contribution in [0.15, 0.2) is 57.9 Å². The summed E-state index contributed by atoms with van der Waals surface area (Å²) in [6, 6.07) is 12.8. The summed E-state index contributed by atoms with van der Waals surface area (Å²) < 4.78 is 28.6. The van der Waals surface area contributed by atoms with Gasteiger partial charge >= 0.3 is 0 Å². The number of hydrogen-bond acceptors (Lipinski definition) is 4. The first kappa shape index (κ1) is 20.3. The van der Waals surface area contributed by atoms with Gasteiger partial charge in [-0.05, 0) is 43.2 Å². The molecule has 0 unspecified atom stereocenters. The minimum absolute atomic E-state index is 0.0893. The number of sulfonamides is 1. The number of hydrogen-bond donors (Lipinski definition) is 2. The number of amides is 2. The lowest BCUT2D eigenvalue weighted by Gasteiger charge is -2.31. The third-order valence-corrected chi connectivity index (χ3v) is 6.55. The highest BCUT2D eigenvalue weighted by Gasteiger charge is 2.28. The maximum Gasteiger partial charge on any atom is 0.261 e. The molecule has 0 bridgehead atoms. The van der Waals surface area contributed by atoms with Gasteiger partial charge in [0.2, 0.25) is 5.91 Å². The molecule has 1 heterocycles. The van der Waals surface area contributed by atoms with Gasteiger partial charge in [-0.1, -0.05) is 34.1 Å². The maximum atomic E-state index is 12.9. The minimum Gasteiger partial charge on any atom is -0.369 e. The van der Waals surface area contributed by atoms with Crippen molar-refractivity contribution in [3.63, 3.8) is 0 Å². The molecule has 148 valence electrons. The Morgan fingerprint density at radius 1 is 1.07 bits per heavy atom. The van der Waals surface area contributed by atoms with Crippen LogP contribution >= 0.6 is 15.9 Å². The Hall–Kier alpha value is -2.39. The lowest BCUT2D eigenvalue weighted by Crippen LogP contribution is -2.42. The van der Waals surface area contributed by atoms with Crippen molar-refractivity contribution in [3.05, 3.63) is 58.6 Å². The van der Waals surface area contributed by atoms with Crippen LogP contribution in [0.3, 0.4) is 0 Å². The Morgan fingerprint density at radius 3 is 2.39 bits per heavy atom. The predicted octanol–water partition coefficient (Wildman–Crippen LogP) is 2.59. The van der Waals surface area contributed by atoms with E-state index in [4.69, 9.17) is 5.73 Å². The first-order valence-corrected chi connectivity index (χ1v) is 11.0. The summed E-state index contributed by atoms with van der Waals surface area (Å²) in [7, 11) is -3.85. The van der Waals surface area contributed by atoms with Crippen LogP contribution in [0.4, 0.5) is 5.69 Å². The van der Waals surface area contributed by atoms with Crippen LogP contribution in [0.2, 0.25) is 0 Å². The molecule has 3 N–H and O–H groups in total. The van der Waals surface area contributed by atoms with Crippen molar-refractivity contribution in [3.8, 4) is 0 Å². The van der Waals surface area contributed by atoms with E-state index in [0.717, 1.165) is 0 Å². The van der Waals surface area contributed by atoms with Crippen LogP contribution in [0.5, 0.6) is 0 Å². The first-order valence-electron chi connectivity index (χ1n) is 8.74. The van der Waals surface area contributed by atoms with Gasteiger partial charge in [-0.15, -0.1) is 0 Å². The lowest BCUT2D eigenvalue weighted by atomic mass is 9.96. The number of piperidine rings is 1. The number of carbonyl (C=O) groups excluding carboxylic acids is 2. The third kappa shape index (κ3) is 4.53. The number of primary amides is 1. The molecule has 2 amide bonds. The first-order chi connectivity index (χ1) is 13.3.